The molecule has 0 saturated carbocycles. The predicted molar refractivity (Wildman–Crippen MR) is 127 cm³/mol. The lowest BCUT2D eigenvalue weighted by Gasteiger charge is -2.18. The largest absolute Gasteiger partial charge is 0.426 e. The Morgan fingerprint density at radius 3 is 2.24 bits per heavy atom. The molecule has 3 aromatic carbocycles. The first-order chi connectivity index (χ1) is 15.7. The van der Waals surface area contributed by atoms with E-state index in [0.717, 1.165) is 16.0 Å². The van der Waals surface area contributed by atoms with Crippen LogP contribution in [0.4, 0.5) is 17.1 Å². The number of imidazole rings is 1. The molecule has 0 bridgehead atoms. The second kappa shape index (κ2) is 8.62. The molecular formula is C24H23N5O4. The van der Waals surface area contributed by atoms with Crippen molar-refractivity contribution in [1.29, 1.82) is 0 Å². The Morgan fingerprint density at radius 2 is 1.64 bits per heavy atom. The molecule has 1 amide bonds. The van der Waals surface area contributed by atoms with E-state index < -0.39 is 4.92 Å². The molecule has 1 N–H and O–H groups in total. The van der Waals surface area contributed by atoms with Crippen molar-refractivity contribution in [2.24, 2.45) is 0 Å². The number of hydrogen-bond acceptors (Lipinski definition) is 6. The number of nitrogens with zero attached hydrogens (tertiary/aromatic N) is 5. The minimum atomic E-state index is -0.523. The highest BCUT2D eigenvalue weighted by atomic mass is 16.6. The SMILES string of the molecule is CN(C)c1ccc(CC(=O)N(C)c2ccc(-c3nc4ccc([N+](=O)[O-])cc4n3O)cc2)cc1. The van der Waals surface area contributed by atoms with Gasteiger partial charge in [-0.05, 0) is 48.0 Å². The second-order valence-corrected chi connectivity index (χ2v) is 7.91. The quantitative estimate of drug-likeness (QED) is 0.272. The molecule has 0 aliphatic carbocycles. The fourth-order valence-electron chi connectivity index (χ4n) is 3.54. The molecule has 4 aromatic rings. The van der Waals surface area contributed by atoms with Gasteiger partial charge in [-0.15, -0.1) is 0 Å². The predicted octanol–water partition coefficient (Wildman–Crippen LogP) is 4.12. The number of benzene rings is 3. The number of nitro groups is 1. The summed E-state index contributed by atoms with van der Waals surface area (Å²) in [6.45, 7) is 0. The Bertz CT molecular complexity index is 1330. The summed E-state index contributed by atoms with van der Waals surface area (Å²) in [5.74, 6) is 0.203. The van der Waals surface area contributed by atoms with Crippen molar-refractivity contribution in [3.63, 3.8) is 0 Å². The van der Waals surface area contributed by atoms with E-state index in [2.05, 4.69) is 4.98 Å². The van der Waals surface area contributed by atoms with E-state index in [0.29, 0.717) is 16.8 Å². The molecule has 0 fully saturated rings. The summed E-state index contributed by atoms with van der Waals surface area (Å²) in [4.78, 5) is 31.2. The zero-order valence-corrected chi connectivity index (χ0v) is 18.5. The van der Waals surface area contributed by atoms with Crippen molar-refractivity contribution >= 4 is 34.0 Å². The molecule has 0 radical (unpaired) electrons. The highest BCUT2D eigenvalue weighted by molar-refractivity contribution is 5.94. The number of anilines is 2. The fourth-order valence-corrected chi connectivity index (χ4v) is 3.54. The normalized spacial score (nSPS) is 10.9. The van der Waals surface area contributed by atoms with Crippen LogP contribution in [0.5, 0.6) is 0 Å². The number of non-ortho nitro benzene ring substituents is 1. The van der Waals surface area contributed by atoms with Gasteiger partial charge in [0, 0.05) is 50.2 Å². The molecule has 9 heteroatoms. The van der Waals surface area contributed by atoms with Crippen LogP contribution in [0.1, 0.15) is 5.56 Å². The third-order valence-corrected chi connectivity index (χ3v) is 5.52. The van der Waals surface area contributed by atoms with Crippen LogP contribution in [0.3, 0.4) is 0 Å². The van der Waals surface area contributed by atoms with E-state index in [4.69, 9.17) is 0 Å². The van der Waals surface area contributed by atoms with Gasteiger partial charge in [0.05, 0.1) is 16.9 Å². The Hall–Kier alpha value is -4.40. The van der Waals surface area contributed by atoms with Crippen molar-refractivity contribution in [1.82, 2.24) is 9.71 Å². The molecule has 0 unspecified atom stereocenters. The number of likely N-dealkylation sites (N-methyl/N-ethyl adjacent to an activating group) is 1. The number of amides is 1. The van der Waals surface area contributed by atoms with Crippen LogP contribution in [-0.2, 0) is 11.2 Å². The highest BCUT2D eigenvalue weighted by Gasteiger charge is 2.17. The van der Waals surface area contributed by atoms with E-state index >= 15 is 0 Å². The van der Waals surface area contributed by atoms with Crippen LogP contribution < -0.4 is 9.80 Å². The number of carbonyl (C=O) groups is 1. The standard InChI is InChI=1S/C24H23N5O4/c1-26(2)18-8-4-16(5-9-18)14-23(30)27(3)19-10-6-17(7-11-19)24-25-21-13-12-20(29(32)33)15-22(21)28(24)31/h4-13,15,31H,14H2,1-3H3. The highest BCUT2D eigenvalue weighted by Crippen LogP contribution is 2.28. The third-order valence-electron chi connectivity index (χ3n) is 5.52. The van der Waals surface area contributed by atoms with Crippen LogP contribution in [0, 0.1) is 10.1 Å². The molecule has 1 aromatic heterocycles. The fraction of sp³-hybridized carbons (Fsp3) is 0.167. The van der Waals surface area contributed by atoms with E-state index in [1.54, 1.807) is 36.2 Å². The van der Waals surface area contributed by atoms with Crippen LogP contribution in [-0.4, -0.2) is 46.9 Å². The topological polar surface area (TPSA) is 105 Å². The monoisotopic (exact) mass is 445 g/mol. The molecule has 33 heavy (non-hydrogen) atoms. The lowest BCUT2D eigenvalue weighted by atomic mass is 10.1. The van der Waals surface area contributed by atoms with E-state index in [1.807, 2.05) is 43.3 Å². The zero-order valence-electron chi connectivity index (χ0n) is 18.5. The van der Waals surface area contributed by atoms with Crippen molar-refractivity contribution in [3.8, 4) is 11.4 Å². The summed E-state index contributed by atoms with van der Waals surface area (Å²) >= 11 is 0. The summed E-state index contributed by atoms with van der Waals surface area (Å²) in [7, 11) is 5.65. The van der Waals surface area contributed by atoms with Gasteiger partial charge in [0.2, 0.25) is 5.91 Å². The summed E-state index contributed by atoms with van der Waals surface area (Å²) < 4.78 is 0.837. The molecule has 0 atom stereocenters. The van der Waals surface area contributed by atoms with E-state index in [9.17, 15) is 20.1 Å². The maximum Gasteiger partial charge on any atom is 0.271 e. The van der Waals surface area contributed by atoms with Gasteiger partial charge in [-0.1, -0.05) is 12.1 Å². The second-order valence-electron chi connectivity index (χ2n) is 7.91. The van der Waals surface area contributed by atoms with Crippen molar-refractivity contribution < 1.29 is 14.9 Å². The summed E-state index contributed by atoms with van der Waals surface area (Å²) in [5, 5.41) is 21.5. The average molecular weight is 445 g/mol. The molecular weight excluding hydrogens is 422 g/mol. The lowest BCUT2D eigenvalue weighted by molar-refractivity contribution is -0.384. The summed E-state index contributed by atoms with van der Waals surface area (Å²) in [6.07, 6.45) is 0.275. The molecule has 9 nitrogen and oxygen atoms in total. The Morgan fingerprint density at radius 1 is 1.00 bits per heavy atom. The maximum absolute atomic E-state index is 12.7. The number of fused-ring (bicyclic) bond motifs is 1. The van der Waals surface area contributed by atoms with Gasteiger partial charge >= 0.3 is 0 Å². The first-order valence-corrected chi connectivity index (χ1v) is 10.2. The number of hydrogen-bond donors (Lipinski definition) is 1. The van der Waals surface area contributed by atoms with Crippen LogP contribution in [0.2, 0.25) is 0 Å². The maximum atomic E-state index is 12.7. The van der Waals surface area contributed by atoms with Gasteiger partial charge in [0.15, 0.2) is 5.82 Å². The van der Waals surface area contributed by atoms with E-state index in [-0.39, 0.29) is 29.4 Å². The first-order valence-electron chi connectivity index (χ1n) is 10.2. The van der Waals surface area contributed by atoms with Gasteiger partial charge in [-0.25, -0.2) is 4.98 Å². The smallest absolute Gasteiger partial charge is 0.271 e. The van der Waals surface area contributed by atoms with Crippen molar-refractivity contribution in [2.75, 3.05) is 30.9 Å². The Kier molecular flexibility index (Phi) is 5.70. The molecule has 168 valence electrons. The molecule has 0 aliphatic rings. The summed E-state index contributed by atoms with van der Waals surface area (Å²) in [6, 6.07) is 19.0. The van der Waals surface area contributed by atoms with Crippen LogP contribution in [0.15, 0.2) is 66.7 Å². The summed E-state index contributed by atoms with van der Waals surface area (Å²) in [5.41, 5.74) is 3.86. The van der Waals surface area contributed by atoms with Gasteiger partial charge in [0.25, 0.3) is 5.69 Å². The third kappa shape index (κ3) is 4.33. The van der Waals surface area contributed by atoms with Crippen molar-refractivity contribution in [3.05, 3.63) is 82.4 Å². The van der Waals surface area contributed by atoms with Crippen LogP contribution >= 0.6 is 0 Å². The number of nitro benzene ring substituents is 1. The molecule has 4 rings (SSSR count). The van der Waals surface area contributed by atoms with Crippen LogP contribution in [0.25, 0.3) is 22.4 Å². The lowest BCUT2D eigenvalue weighted by Crippen LogP contribution is -2.27. The Balaban J connectivity index is 1.52. The van der Waals surface area contributed by atoms with Gasteiger partial charge in [-0.2, -0.15) is 4.73 Å². The van der Waals surface area contributed by atoms with Gasteiger partial charge < -0.3 is 15.0 Å². The minimum Gasteiger partial charge on any atom is -0.426 e. The molecule has 0 saturated heterocycles. The average Bonchev–Trinajstić information content (AvgIpc) is 3.14. The molecule has 0 aliphatic heterocycles. The molecule has 1 heterocycles. The number of aromatic nitrogens is 2. The number of carbonyl (C=O) groups excluding carboxylic acids is 1. The Labute approximate surface area is 190 Å². The van der Waals surface area contributed by atoms with E-state index in [1.165, 1.54) is 18.2 Å². The minimum absolute atomic E-state index is 0.0536. The van der Waals surface area contributed by atoms with Gasteiger partial charge in [-0.3, -0.25) is 14.9 Å². The number of rotatable bonds is 6. The first kappa shape index (κ1) is 21.8. The van der Waals surface area contributed by atoms with Gasteiger partial charge in [0.1, 0.15) is 5.52 Å². The zero-order chi connectivity index (χ0) is 23.7. The van der Waals surface area contributed by atoms with Crippen molar-refractivity contribution in [2.45, 2.75) is 6.42 Å². The molecule has 0 spiro atoms.